The minimum absolute atomic E-state index is 0.00947. The summed E-state index contributed by atoms with van der Waals surface area (Å²) in [6.07, 6.45) is -1.59. The number of esters is 1. The first-order valence-electron chi connectivity index (χ1n) is 7.00. The van der Waals surface area contributed by atoms with Crippen LogP contribution >= 0.6 is 0 Å². The molecule has 1 rings (SSSR count). The second kappa shape index (κ2) is 6.35. The van der Waals surface area contributed by atoms with Gasteiger partial charge >= 0.3 is 5.97 Å². The third-order valence-electron chi connectivity index (χ3n) is 4.31. The van der Waals surface area contributed by atoms with E-state index >= 15 is 0 Å². The van der Waals surface area contributed by atoms with Gasteiger partial charge in [-0.25, -0.2) is 4.79 Å². The zero-order valence-electron chi connectivity index (χ0n) is 13.8. The lowest BCUT2D eigenvalue weighted by Crippen LogP contribution is -2.65. The number of azide groups is 1. The highest BCUT2D eigenvalue weighted by Crippen LogP contribution is 2.41. The van der Waals surface area contributed by atoms with Crippen molar-refractivity contribution in [3.05, 3.63) is 10.4 Å². The van der Waals surface area contributed by atoms with Gasteiger partial charge in [-0.2, -0.15) is 0 Å². The molecule has 1 aliphatic rings. The van der Waals surface area contributed by atoms with Crippen LogP contribution in [0.3, 0.4) is 0 Å². The fourth-order valence-corrected chi connectivity index (χ4v) is 3.19. The molecule has 1 saturated heterocycles. The van der Waals surface area contributed by atoms with Crippen molar-refractivity contribution in [1.82, 2.24) is 0 Å². The molecule has 0 spiro atoms. The Kier molecular flexibility index (Phi) is 5.44. The van der Waals surface area contributed by atoms with E-state index in [1.807, 2.05) is 0 Å². The molecule has 0 amide bonds. The number of carbonyl (C=O) groups excluding carboxylic acids is 1. The van der Waals surface area contributed by atoms with Gasteiger partial charge in [0.15, 0.2) is 14.4 Å². The van der Waals surface area contributed by atoms with Crippen LogP contribution in [0.2, 0.25) is 18.1 Å². The highest BCUT2D eigenvalue weighted by Gasteiger charge is 2.54. The lowest BCUT2D eigenvalue weighted by Gasteiger charge is -2.49. The average molecular weight is 315 g/mol. The second-order valence-corrected chi connectivity index (χ2v) is 11.6. The molecule has 1 fully saturated rings. The predicted molar refractivity (Wildman–Crippen MR) is 81.4 cm³/mol. The van der Waals surface area contributed by atoms with Crippen LogP contribution in [0, 0.1) is 0 Å². The van der Waals surface area contributed by atoms with E-state index in [0.29, 0.717) is 0 Å². The molecule has 0 unspecified atom stereocenters. The van der Waals surface area contributed by atoms with Gasteiger partial charge in [0.05, 0.1) is 19.3 Å². The highest BCUT2D eigenvalue weighted by molar-refractivity contribution is 6.74. The summed E-state index contributed by atoms with van der Waals surface area (Å²) < 4.78 is 16.6. The van der Waals surface area contributed by atoms with Gasteiger partial charge in [-0.15, -0.1) is 0 Å². The van der Waals surface area contributed by atoms with Gasteiger partial charge in [0, 0.05) is 4.91 Å². The number of methoxy groups -OCH3 is 1. The van der Waals surface area contributed by atoms with E-state index < -0.39 is 38.6 Å². The van der Waals surface area contributed by atoms with Crippen LogP contribution in [0.1, 0.15) is 27.7 Å². The summed E-state index contributed by atoms with van der Waals surface area (Å²) in [4.78, 5) is 14.5. The van der Waals surface area contributed by atoms with Gasteiger partial charge in [-0.3, -0.25) is 0 Å². The minimum Gasteiger partial charge on any atom is -0.467 e. The minimum atomic E-state index is -2.07. The van der Waals surface area contributed by atoms with Crippen LogP contribution in [0.4, 0.5) is 0 Å². The van der Waals surface area contributed by atoms with Crippen molar-refractivity contribution in [2.45, 2.75) is 70.2 Å². The van der Waals surface area contributed by atoms with E-state index in [2.05, 4.69) is 43.9 Å². The standard InChI is InChI=1S/C13H25N3O4Si/c1-8(15-16-14)9-10(11(19-9)12(17)18-5)20-21(6,7)13(2,3)4/h8-11H,1-7H3/t8-,9+,10+,11-/m1/s1. The molecular weight excluding hydrogens is 290 g/mol. The van der Waals surface area contributed by atoms with Crippen molar-refractivity contribution in [2.75, 3.05) is 7.11 Å². The lowest BCUT2D eigenvalue weighted by molar-refractivity contribution is -0.230. The molecule has 0 aliphatic carbocycles. The molecule has 1 aliphatic heterocycles. The summed E-state index contributed by atoms with van der Waals surface area (Å²) in [6.45, 7) is 12.3. The largest absolute Gasteiger partial charge is 0.467 e. The summed E-state index contributed by atoms with van der Waals surface area (Å²) in [7, 11) is -0.753. The number of ether oxygens (including phenoxy) is 2. The molecule has 0 aromatic rings. The third-order valence-corrected chi connectivity index (χ3v) is 8.78. The van der Waals surface area contributed by atoms with Gasteiger partial charge in [0.25, 0.3) is 0 Å². The molecule has 21 heavy (non-hydrogen) atoms. The van der Waals surface area contributed by atoms with E-state index in [1.54, 1.807) is 6.92 Å². The van der Waals surface area contributed by atoms with Gasteiger partial charge in [0.1, 0.15) is 6.10 Å². The van der Waals surface area contributed by atoms with Crippen LogP contribution in [0.5, 0.6) is 0 Å². The van der Waals surface area contributed by atoms with E-state index in [9.17, 15) is 4.79 Å². The molecule has 0 aromatic heterocycles. The van der Waals surface area contributed by atoms with Crippen LogP contribution in [-0.4, -0.2) is 45.8 Å². The van der Waals surface area contributed by atoms with E-state index in [0.717, 1.165) is 0 Å². The Hall–Kier alpha value is -1.08. The molecule has 0 N–H and O–H groups in total. The smallest absolute Gasteiger partial charge is 0.337 e. The molecule has 4 atom stereocenters. The van der Waals surface area contributed by atoms with Crippen molar-refractivity contribution < 1.29 is 18.7 Å². The van der Waals surface area contributed by atoms with E-state index in [4.69, 9.17) is 19.4 Å². The van der Waals surface area contributed by atoms with Crippen LogP contribution in [0.25, 0.3) is 10.4 Å². The Morgan fingerprint density at radius 3 is 2.43 bits per heavy atom. The van der Waals surface area contributed by atoms with Crippen LogP contribution in [0.15, 0.2) is 5.11 Å². The lowest BCUT2D eigenvalue weighted by atomic mass is 9.96. The first kappa shape index (κ1) is 18.0. The van der Waals surface area contributed by atoms with Crippen molar-refractivity contribution in [3.63, 3.8) is 0 Å². The van der Waals surface area contributed by atoms with E-state index in [1.165, 1.54) is 7.11 Å². The normalized spacial score (nSPS) is 27.3. The Labute approximate surface area is 126 Å². The quantitative estimate of drug-likeness (QED) is 0.256. The molecule has 1 heterocycles. The van der Waals surface area contributed by atoms with Crippen LogP contribution in [-0.2, 0) is 18.7 Å². The molecule has 0 aromatic carbocycles. The molecule has 8 heteroatoms. The summed E-state index contributed by atoms with van der Waals surface area (Å²) in [5.41, 5.74) is 8.55. The number of hydrogen-bond donors (Lipinski definition) is 0. The Morgan fingerprint density at radius 2 is 2.00 bits per heavy atom. The molecule has 0 radical (unpaired) electrons. The Bertz CT molecular complexity index is 443. The van der Waals surface area contributed by atoms with Crippen molar-refractivity contribution >= 4 is 14.3 Å². The zero-order valence-corrected chi connectivity index (χ0v) is 14.8. The molecular formula is C13H25N3O4Si. The maximum absolute atomic E-state index is 11.8. The van der Waals surface area contributed by atoms with E-state index in [-0.39, 0.29) is 5.04 Å². The fourth-order valence-electron chi connectivity index (χ4n) is 1.89. The third kappa shape index (κ3) is 3.77. The first-order chi connectivity index (χ1) is 9.55. The predicted octanol–water partition coefficient (Wildman–Crippen LogP) is 3.02. The highest BCUT2D eigenvalue weighted by atomic mass is 28.4. The summed E-state index contributed by atoms with van der Waals surface area (Å²) in [5.74, 6) is -0.455. The second-order valence-electron chi connectivity index (χ2n) is 6.83. The van der Waals surface area contributed by atoms with Crippen molar-refractivity contribution in [1.29, 1.82) is 0 Å². The topological polar surface area (TPSA) is 93.5 Å². The molecule has 7 nitrogen and oxygen atoms in total. The average Bonchev–Trinajstić information content (AvgIpc) is 2.33. The summed E-state index contributed by atoms with van der Waals surface area (Å²) in [6, 6.07) is -0.398. The van der Waals surface area contributed by atoms with Gasteiger partial charge in [-0.1, -0.05) is 32.8 Å². The Balaban J connectivity index is 2.93. The van der Waals surface area contributed by atoms with Crippen molar-refractivity contribution in [3.8, 4) is 0 Å². The maximum atomic E-state index is 11.8. The first-order valence-corrected chi connectivity index (χ1v) is 9.91. The maximum Gasteiger partial charge on any atom is 0.337 e. The molecule has 0 bridgehead atoms. The summed E-state index contributed by atoms with van der Waals surface area (Å²) in [5, 5.41) is 3.66. The molecule has 0 saturated carbocycles. The number of nitrogens with zero attached hydrogens (tertiary/aromatic N) is 3. The van der Waals surface area contributed by atoms with Crippen molar-refractivity contribution in [2.24, 2.45) is 5.11 Å². The number of rotatable bonds is 5. The summed E-state index contributed by atoms with van der Waals surface area (Å²) >= 11 is 0. The van der Waals surface area contributed by atoms with Gasteiger partial charge < -0.3 is 13.9 Å². The zero-order chi connectivity index (χ0) is 16.4. The van der Waals surface area contributed by atoms with Crippen LogP contribution < -0.4 is 0 Å². The Morgan fingerprint density at radius 1 is 1.43 bits per heavy atom. The molecule has 120 valence electrons. The monoisotopic (exact) mass is 315 g/mol. The number of hydrogen-bond acceptors (Lipinski definition) is 5. The van der Waals surface area contributed by atoms with Gasteiger partial charge in [0.2, 0.25) is 0 Å². The van der Waals surface area contributed by atoms with Gasteiger partial charge in [-0.05, 0) is 23.7 Å². The number of carbonyl (C=O) groups is 1. The fraction of sp³-hybridized carbons (Fsp3) is 0.923. The SMILES string of the molecule is COC(=O)[C@@H]1O[C@@H]([C@@H](C)N=[N+]=[N-])[C@@H]1O[Si](C)(C)C(C)(C)C.